The van der Waals surface area contributed by atoms with Crippen LogP contribution in [0.3, 0.4) is 0 Å². The third kappa shape index (κ3) is 3.13. The lowest BCUT2D eigenvalue weighted by Crippen LogP contribution is -2.41. The first-order chi connectivity index (χ1) is 8.68. The highest BCUT2D eigenvalue weighted by atomic mass is 16.3. The van der Waals surface area contributed by atoms with Crippen molar-refractivity contribution >= 4 is 5.91 Å². The standard InChI is InChI=1S/C14H21NO3/c1-11(16)10-12-6-3-2-4-8-15(12)14(17)13-7-5-9-18-13/h5,7,9,11-12,16H,2-4,6,8,10H2,1H3. The highest BCUT2D eigenvalue weighted by Crippen LogP contribution is 2.22. The van der Waals surface area contributed by atoms with E-state index in [0.29, 0.717) is 12.2 Å². The monoisotopic (exact) mass is 251 g/mol. The third-order valence-electron chi connectivity index (χ3n) is 3.48. The van der Waals surface area contributed by atoms with Crippen molar-refractivity contribution in [3.8, 4) is 0 Å². The normalized spacial score (nSPS) is 22.6. The number of rotatable bonds is 3. The minimum atomic E-state index is -0.375. The number of aliphatic hydroxyl groups is 1. The van der Waals surface area contributed by atoms with Gasteiger partial charge < -0.3 is 14.4 Å². The molecule has 2 heterocycles. The van der Waals surface area contributed by atoms with Crippen LogP contribution in [-0.4, -0.2) is 34.6 Å². The molecule has 0 saturated carbocycles. The van der Waals surface area contributed by atoms with Gasteiger partial charge in [-0.2, -0.15) is 0 Å². The number of carbonyl (C=O) groups excluding carboxylic acids is 1. The Morgan fingerprint density at radius 2 is 2.39 bits per heavy atom. The minimum Gasteiger partial charge on any atom is -0.459 e. The summed E-state index contributed by atoms with van der Waals surface area (Å²) in [5, 5.41) is 9.57. The molecule has 0 bridgehead atoms. The topological polar surface area (TPSA) is 53.7 Å². The number of hydrogen-bond acceptors (Lipinski definition) is 3. The number of hydrogen-bond donors (Lipinski definition) is 1. The van der Waals surface area contributed by atoms with Crippen molar-refractivity contribution in [3.63, 3.8) is 0 Å². The maximum Gasteiger partial charge on any atom is 0.289 e. The summed E-state index contributed by atoms with van der Waals surface area (Å²) in [6.07, 6.45) is 6.07. The van der Waals surface area contributed by atoms with Gasteiger partial charge in [-0.3, -0.25) is 4.79 Å². The summed E-state index contributed by atoms with van der Waals surface area (Å²) in [6.45, 7) is 2.54. The molecule has 1 aromatic rings. The lowest BCUT2D eigenvalue weighted by Gasteiger charge is -2.30. The Kier molecular flexibility index (Phi) is 4.42. The van der Waals surface area contributed by atoms with Crippen molar-refractivity contribution in [3.05, 3.63) is 24.2 Å². The van der Waals surface area contributed by atoms with Crippen LogP contribution in [-0.2, 0) is 0 Å². The molecule has 0 radical (unpaired) electrons. The highest BCUT2D eigenvalue weighted by Gasteiger charge is 2.28. The fourth-order valence-electron chi connectivity index (χ4n) is 2.63. The fraction of sp³-hybridized carbons (Fsp3) is 0.643. The van der Waals surface area contributed by atoms with Crippen molar-refractivity contribution in [2.24, 2.45) is 0 Å². The molecule has 2 rings (SSSR count). The Labute approximate surface area is 108 Å². The molecule has 4 heteroatoms. The van der Waals surface area contributed by atoms with E-state index in [2.05, 4.69) is 0 Å². The summed E-state index contributed by atoms with van der Waals surface area (Å²) in [5.41, 5.74) is 0. The van der Waals surface area contributed by atoms with E-state index in [4.69, 9.17) is 4.42 Å². The zero-order valence-corrected chi connectivity index (χ0v) is 10.8. The number of likely N-dealkylation sites (tertiary alicyclic amines) is 1. The third-order valence-corrected chi connectivity index (χ3v) is 3.48. The maximum absolute atomic E-state index is 12.4. The van der Waals surface area contributed by atoms with Crippen LogP contribution in [0, 0.1) is 0 Å². The molecule has 2 unspecified atom stereocenters. The lowest BCUT2D eigenvalue weighted by molar-refractivity contribution is 0.0576. The number of carbonyl (C=O) groups is 1. The first kappa shape index (κ1) is 13.1. The summed E-state index contributed by atoms with van der Waals surface area (Å²) in [4.78, 5) is 14.2. The van der Waals surface area contributed by atoms with Gasteiger partial charge in [0.1, 0.15) is 0 Å². The van der Waals surface area contributed by atoms with Gasteiger partial charge in [0.2, 0.25) is 0 Å². The van der Waals surface area contributed by atoms with Crippen LogP contribution in [0.1, 0.15) is 49.6 Å². The van der Waals surface area contributed by atoms with E-state index in [1.165, 1.54) is 6.26 Å². The van der Waals surface area contributed by atoms with Crippen LogP contribution in [0.15, 0.2) is 22.8 Å². The molecule has 1 aliphatic heterocycles. The predicted octanol–water partition coefficient (Wildman–Crippen LogP) is 2.44. The Balaban J connectivity index is 2.12. The zero-order chi connectivity index (χ0) is 13.0. The van der Waals surface area contributed by atoms with E-state index in [-0.39, 0.29) is 18.1 Å². The summed E-state index contributed by atoms with van der Waals surface area (Å²) in [6, 6.07) is 3.56. The Hall–Kier alpha value is -1.29. The zero-order valence-electron chi connectivity index (χ0n) is 10.8. The SMILES string of the molecule is CC(O)CC1CCCCCN1C(=O)c1ccco1. The van der Waals surface area contributed by atoms with Gasteiger partial charge in [0.15, 0.2) is 5.76 Å². The summed E-state index contributed by atoms with van der Waals surface area (Å²) < 4.78 is 5.19. The van der Waals surface area contributed by atoms with Gasteiger partial charge in [-0.25, -0.2) is 0 Å². The van der Waals surface area contributed by atoms with Gasteiger partial charge in [-0.15, -0.1) is 0 Å². The van der Waals surface area contributed by atoms with E-state index >= 15 is 0 Å². The summed E-state index contributed by atoms with van der Waals surface area (Å²) in [7, 11) is 0. The number of amides is 1. The second-order valence-electron chi connectivity index (χ2n) is 5.06. The average Bonchev–Trinajstić information content (AvgIpc) is 2.76. The summed E-state index contributed by atoms with van der Waals surface area (Å²) >= 11 is 0. The summed E-state index contributed by atoms with van der Waals surface area (Å²) in [5.74, 6) is 0.347. The molecule has 1 amide bonds. The first-order valence-electron chi connectivity index (χ1n) is 6.71. The van der Waals surface area contributed by atoms with Crippen molar-refractivity contribution < 1.29 is 14.3 Å². The molecule has 18 heavy (non-hydrogen) atoms. The minimum absolute atomic E-state index is 0.0486. The molecular formula is C14H21NO3. The van der Waals surface area contributed by atoms with Crippen molar-refractivity contribution in [2.45, 2.75) is 51.2 Å². The van der Waals surface area contributed by atoms with E-state index in [9.17, 15) is 9.90 Å². The Morgan fingerprint density at radius 1 is 1.56 bits per heavy atom. The van der Waals surface area contributed by atoms with Crippen LogP contribution in [0.5, 0.6) is 0 Å². The molecule has 1 fully saturated rings. The van der Waals surface area contributed by atoms with Gasteiger partial charge >= 0.3 is 0 Å². The second kappa shape index (κ2) is 6.05. The molecule has 1 aliphatic rings. The van der Waals surface area contributed by atoms with E-state index < -0.39 is 0 Å². The Bertz CT molecular complexity index is 372. The van der Waals surface area contributed by atoms with Gasteiger partial charge in [0.25, 0.3) is 5.91 Å². The lowest BCUT2D eigenvalue weighted by atomic mass is 10.0. The van der Waals surface area contributed by atoms with Crippen molar-refractivity contribution in [2.75, 3.05) is 6.54 Å². The molecule has 4 nitrogen and oxygen atoms in total. The van der Waals surface area contributed by atoms with Crippen LogP contribution in [0.2, 0.25) is 0 Å². The molecular weight excluding hydrogens is 230 g/mol. The molecule has 1 aromatic heterocycles. The largest absolute Gasteiger partial charge is 0.459 e. The molecule has 1 saturated heterocycles. The van der Waals surface area contributed by atoms with E-state index in [0.717, 1.165) is 32.2 Å². The van der Waals surface area contributed by atoms with E-state index in [1.54, 1.807) is 19.1 Å². The number of aliphatic hydroxyl groups excluding tert-OH is 1. The Morgan fingerprint density at radius 3 is 3.06 bits per heavy atom. The van der Waals surface area contributed by atoms with Gasteiger partial charge in [0, 0.05) is 12.6 Å². The number of furan rings is 1. The predicted molar refractivity (Wildman–Crippen MR) is 68.3 cm³/mol. The van der Waals surface area contributed by atoms with Gasteiger partial charge in [0.05, 0.1) is 12.4 Å². The fourth-order valence-corrected chi connectivity index (χ4v) is 2.63. The van der Waals surface area contributed by atoms with Gasteiger partial charge in [-0.05, 0) is 38.3 Å². The quantitative estimate of drug-likeness (QED) is 0.897. The van der Waals surface area contributed by atoms with Crippen molar-refractivity contribution in [1.29, 1.82) is 0 Å². The molecule has 0 aromatic carbocycles. The first-order valence-corrected chi connectivity index (χ1v) is 6.71. The van der Waals surface area contributed by atoms with Gasteiger partial charge in [-0.1, -0.05) is 12.8 Å². The molecule has 2 atom stereocenters. The molecule has 0 spiro atoms. The van der Waals surface area contributed by atoms with E-state index in [1.807, 2.05) is 4.90 Å². The van der Waals surface area contributed by atoms with Crippen LogP contribution in [0.4, 0.5) is 0 Å². The average molecular weight is 251 g/mol. The molecule has 1 N–H and O–H groups in total. The van der Waals surface area contributed by atoms with Crippen molar-refractivity contribution in [1.82, 2.24) is 4.90 Å². The highest BCUT2D eigenvalue weighted by molar-refractivity contribution is 5.91. The molecule has 100 valence electrons. The number of nitrogens with zero attached hydrogens (tertiary/aromatic N) is 1. The molecule has 0 aliphatic carbocycles. The second-order valence-corrected chi connectivity index (χ2v) is 5.06. The van der Waals surface area contributed by atoms with Crippen LogP contribution in [0.25, 0.3) is 0 Å². The smallest absolute Gasteiger partial charge is 0.289 e. The maximum atomic E-state index is 12.4. The van der Waals surface area contributed by atoms with Crippen LogP contribution < -0.4 is 0 Å². The van der Waals surface area contributed by atoms with Crippen LogP contribution >= 0.6 is 0 Å².